The molecular formula is C21H19NO5. The van der Waals surface area contributed by atoms with E-state index in [-0.39, 0.29) is 19.0 Å². The number of rotatable bonds is 8. The van der Waals surface area contributed by atoms with E-state index in [0.717, 1.165) is 0 Å². The Bertz CT molecular complexity index is 847. The third-order valence-electron chi connectivity index (χ3n) is 3.73. The molecule has 0 fully saturated rings. The van der Waals surface area contributed by atoms with Gasteiger partial charge in [0.15, 0.2) is 11.8 Å². The van der Waals surface area contributed by atoms with E-state index in [2.05, 4.69) is 5.32 Å². The lowest BCUT2D eigenvalue weighted by molar-refractivity contribution is -0.146. The van der Waals surface area contributed by atoms with Gasteiger partial charge >= 0.3 is 5.97 Å². The molecule has 1 N–H and O–H groups in total. The van der Waals surface area contributed by atoms with E-state index in [4.69, 9.17) is 13.9 Å². The fraction of sp³-hybridized carbons (Fsp3) is 0.143. The van der Waals surface area contributed by atoms with E-state index >= 15 is 0 Å². The highest BCUT2D eigenvalue weighted by atomic mass is 16.6. The molecular weight excluding hydrogens is 346 g/mol. The van der Waals surface area contributed by atoms with Gasteiger partial charge in [0.1, 0.15) is 19.0 Å². The fourth-order valence-electron chi connectivity index (χ4n) is 2.44. The van der Waals surface area contributed by atoms with Crippen molar-refractivity contribution in [3.05, 3.63) is 90.4 Å². The first-order valence-electron chi connectivity index (χ1n) is 8.48. The van der Waals surface area contributed by atoms with Crippen LogP contribution in [-0.2, 0) is 9.53 Å². The smallest absolute Gasteiger partial charge is 0.333 e. The van der Waals surface area contributed by atoms with Crippen LogP contribution in [0, 0.1) is 0 Å². The van der Waals surface area contributed by atoms with Crippen molar-refractivity contribution in [2.45, 2.75) is 6.04 Å². The number of hydrogen-bond acceptors (Lipinski definition) is 5. The molecule has 0 bridgehead atoms. The lowest BCUT2D eigenvalue weighted by Crippen LogP contribution is -2.35. The van der Waals surface area contributed by atoms with Gasteiger partial charge in [0.25, 0.3) is 5.91 Å². The number of carbonyl (C=O) groups excluding carboxylic acids is 2. The molecule has 27 heavy (non-hydrogen) atoms. The van der Waals surface area contributed by atoms with Crippen LogP contribution in [0.2, 0.25) is 0 Å². The summed E-state index contributed by atoms with van der Waals surface area (Å²) in [6.07, 6.45) is 1.39. The summed E-state index contributed by atoms with van der Waals surface area (Å²) >= 11 is 0. The molecule has 0 aliphatic heterocycles. The molecule has 0 saturated heterocycles. The Morgan fingerprint density at radius 3 is 2.26 bits per heavy atom. The maximum absolute atomic E-state index is 12.5. The maximum Gasteiger partial charge on any atom is 0.333 e. The Morgan fingerprint density at radius 1 is 0.889 bits per heavy atom. The maximum atomic E-state index is 12.5. The van der Waals surface area contributed by atoms with Crippen molar-refractivity contribution in [1.29, 1.82) is 0 Å². The normalized spacial score (nSPS) is 11.4. The molecule has 1 atom stereocenters. The van der Waals surface area contributed by atoms with Gasteiger partial charge in [0.2, 0.25) is 0 Å². The van der Waals surface area contributed by atoms with Crippen molar-refractivity contribution in [3.8, 4) is 5.75 Å². The van der Waals surface area contributed by atoms with Gasteiger partial charge in [-0.15, -0.1) is 0 Å². The van der Waals surface area contributed by atoms with Crippen molar-refractivity contribution in [3.63, 3.8) is 0 Å². The van der Waals surface area contributed by atoms with Crippen molar-refractivity contribution >= 4 is 11.9 Å². The summed E-state index contributed by atoms with van der Waals surface area (Å²) in [4.78, 5) is 24.8. The summed E-state index contributed by atoms with van der Waals surface area (Å²) in [6, 6.07) is 20.3. The van der Waals surface area contributed by atoms with Crippen LogP contribution < -0.4 is 10.1 Å². The molecule has 6 heteroatoms. The Morgan fingerprint density at radius 2 is 1.59 bits per heavy atom. The van der Waals surface area contributed by atoms with Crippen LogP contribution in [0.3, 0.4) is 0 Å². The van der Waals surface area contributed by atoms with E-state index in [1.54, 1.807) is 30.3 Å². The highest BCUT2D eigenvalue weighted by Gasteiger charge is 2.25. The summed E-state index contributed by atoms with van der Waals surface area (Å²) in [5.41, 5.74) is 0.617. The minimum atomic E-state index is -0.944. The average molecular weight is 365 g/mol. The molecule has 1 amide bonds. The predicted molar refractivity (Wildman–Crippen MR) is 98.3 cm³/mol. The third-order valence-corrected chi connectivity index (χ3v) is 3.73. The number of esters is 1. The Labute approximate surface area is 156 Å². The highest BCUT2D eigenvalue weighted by Crippen LogP contribution is 2.16. The molecule has 3 aromatic rings. The molecule has 1 heterocycles. The zero-order chi connectivity index (χ0) is 18.9. The Balaban J connectivity index is 1.59. The molecule has 0 aliphatic rings. The Kier molecular flexibility index (Phi) is 6.25. The highest BCUT2D eigenvalue weighted by molar-refractivity contribution is 5.94. The SMILES string of the molecule is O=C(NC(C(=O)OCCOc1ccccc1)c1ccccc1)c1ccco1. The second kappa shape index (κ2) is 9.24. The van der Waals surface area contributed by atoms with Gasteiger partial charge in [-0.2, -0.15) is 0 Å². The standard InChI is InChI=1S/C21H19NO5/c23-20(18-12-7-13-26-18)22-19(16-8-3-1-4-9-16)21(24)27-15-14-25-17-10-5-2-6-11-17/h1-13,19H,14-15H2,(H,22,23). The first-order chi connectivity index (χ1) is 13.2. The molecule has 6 nitrogen and oxygen atoms in total. The molecule has 1 unspecified atom stereocenters. The Hall–Kier alpha value is -3.54. The number of hydrogen-bond donors (Lipinski definition) is 1. The molecule has 3 rings (SSSR count). The fourth-order valence-corrected chi connectivity index (χ4v) is 2.44. The molecule has 0 radical (unpaired) electrons. The summed E-state index contributed by atoms with van der Waals surface area (Å²) in [6.45, 7) is 0.275. The van der Waals surface area contributed by atoms with Gasteiger partial charge in [-0.05, 0) is 29.8 Å². The first kappa shape index (κ1) is 18.3. The third kappa shape index (κ3) is 5.22. The van der Waals surface area contributed by atoms with Crippen LogP contribution in [0.5, 0.6) is 5.75 Å². The number of nitrogens with one attached hydrogen (secondary N) is 1. The largest absolute Gasteiger partial charge is 0.490 e. The van der Waals surface area contributed by atoms with Crippen LogP contribution in [0.15, 0.2) is 83.5 Å². The van der Waals surface area contributed by atoms with Crippen molar-refractivity contribution in [2.75, 3.05) is 13.2 Å². The summed E-state index contributed by atoms with van der Waals surface area (Å²) in [5.74, 6) is -0.250. The summed E-state index contributed by atoms with van der Waals surface area (Å²) in [5, 5.41) is 2.65. The molecule has 0 saturated carbocycles. The van der Waals surface area contributed by atoms with E-state index in [1.165, 1.54) is 12.3 Å². The van der Waals surface area contributed by atoms with E-state index in [9.17, 15) is 9.59 Å². The van der Waals surface area contributed by atoms with Crippen LogP contribution >= 0.6 is 0 Å². The molecule has 1 aromatic heterocycles. The summed E-state index contributed by atoms with van der Waals surface area (Å²) in [7, 11) is 0. The van der Waals surface area contributed by atoms with E-state index in [1.807, 2.05) is 36.4 Å². The average Bonchev–Trinajstić information content (AvgIpc) is 3.25. The zero-order valence-corrected chi connectivity index (χ0v) is 14.5. The van der Waals surface area contributed by atoms with Crippen molar-refractivity contribution < 1.29 is 23.5 Å². The summed E-state index contributed by atoms with van der Waals surface area (Å²) < 4.78 is 15.9. The topological polar surface area (TPSA) is 77.8 Å². The van der Waals surface area contributed by atoms with E-state index < -0.39 is 17.9 Å². The van der Waals surface area contributed by atoms with Gasteiger partial charge < -0.3 is 19.2 Å². The minimum Gasteiger partial charge on any atom is -0.490 e. The first-order valence-corrected chi connectivity index (χ1v) is 8.48. The van der Waals surface area contributed by atoms with Gasteiger partial charge in [-0.3, -0.25) is 4.79 Å². The van der Waals surface area contributed by atoms with Gasteiger partial charge in [0.05, 0.1) is 6.26 Å². The van der Waals surface area contributed by atoms with Crippen LogP contribution in [0.25, 0.3) is 0 Å². The molecule has 138 valence electrons. The van der Waals surface area contributed by atoms with Crippen molar-refractivity contribution in [1.82, 2.24) is 5.32 Å². The number of ether oxygens (including phenoxy) is 2. The number of amides is 1. The van der Waals surface area contributed by atoms with Gasteiger partial charge in [-0.25, -0.2) is 4.79 Å². The lowest BCUT2D eigenvalue weighted by atomic mass is 10.1. The quantitative estimate of drug-likeness (QED) is 0.489. The predicted octanol–water partition coefficient (Wildman–Crippen LogP) is 3.37. The van der Waals surface area contributed by atoms with Crippen LogP contribution in [0.4, 0.5) is 0 Å². The molecule has 0 spiro atoms. The van der Waals surface area contributed by atoms with Gasteiger partial charge in [-0.1, -0.05) is 48.5 Å². The number of benzene rings is 2. The van der Waals surface area contributed by atoms with Gasteiger partial charge in [0, 0.05) is 0 Å². The van der Waals surface area contributed by atoms with Crippen LogP contribution in [-0.4, -0.2) is 25.1 Å². The monoisotopic (exact) mass is 365 g/mol. The number of carbonyl (C=O) groups is 2. The number of furan rings is 1. The number of para-hydroxylation sites is 1. The zero-order valence-electron chi connectivity index (χ0n) is 14.5. The minimum absolute atomic E-state index is 0.0632. The second-order valence-electron chi connectivity index (χ2n) is 5.62. The van der Waals surface area contributed by atoms with Crippen LogP contribution in [0.1, 0.15) is 22.2 Å². The van der Waals surface area contributed by atoms with E-state index in [0.29, 0.717) is 11.3 Å². The lowest BCUT2D eigenvalue weighted by Gasteiger charge is -2.17. The molecule has 2 aromatic carbocycles. The molecule has 0 aliphatic carbocycles. The second-order valence-corrected chi connectivity index (χ2v) is 5.62. The van der Waals surface area contributed by atoms with Crippen molar-refractivity contribution in [2.24, 2.45) is 0 Å².